The zero-order valence-electron chi connectivity index (χ0n) is 10.5. The highest BCUT2D eigenvalue weighted by atomic mass is 79.9. The molecule has 0 saturated carbocycles. The van der Waals surface area contributed by atoms with E-state index in [1.807, 2.05) is 42.5 Å². The van der Waals surface area contributed by atoms with E-state index in [9.17, 15) is 0 Å². The van der Waals surface area contributed by atoms with Crippen molar-refractivity contribution in [2.75, 3.05) is 11.1 Å². The molecule has 0 radical (unpaired) electrons. The second kappa shape index (κ2) is 5.35. The van der Waals surface area contributed by atoms with Gasteiger partial charge in [0.15, 0.2) is 0 Å². The highest BCUT2D eigenvalue weighted by molar-refractivity contribution is 9.10. The third kappa shape index (κ3) is 2.35. The number of anilines is 3. The van der Waals surface area contributed by atoms with Crippen LogP contribution in [0.4, 0.5) is 17.1 Å². The fraction of sp³-hybridized carbons (Fsp3) is 0. The summed E-state index contributed by atoms with van der Waals surface area (Å²) in [5, 5.41) is 6.20. The monoisotopic (exact) mass is 346 g/mol. The van der Waals surface area contributed by atoms with Gasteiger partial charge in [-0.15, -0.1) is 0 Å². The lowest BCUT2D eigenvalue weighted by Crippen LogP contribution is -1.97. The molecule has 0 aliphatic heterocycles. The van der Waals surface area contributed by atoms with Crippen molar-refractivity contribution in [3.63, 3.8) is 0 Å². The van der Waals surface area contributed by atoms with Gasteiger partial charge in [0.1, 0.15) is 0 Å². The van der Waals surface area contributed by atoms with Crippen molar-refractivity contribution in [1.29, 1.82) is 0 Å². The van der Waals surface area contributed by atoms with E-state index in [1.165, 1.54) is 0 Å². The minimum absolute atomic E-state index is 0.608. The largest absolute Gasteiger partial charge is 0.397 e. The molecule has 0 aliphatic rings. The van der Waals surface area contributed by atoms with E-state index in [0.29, 0.717) is 10.7 Å². The van der Waals surface area contributed by atoms with Gasteiger partial charge in [0.05, 0.1) is 16.4 Å². The van der Waals surface area contributed by atoms with Gasteiger partial charge in [0, 0.05) is 15.5 Å². The first-order valence-electron chi connectivity index (χ1n) is 6.15. The highest BCUT2D eigenvalue weighted by Gasteiger charge is 2.08. The molecule has 2 nitrogen and oxygen atoms in total. The number of hydrogen-bond donors (Lipinski definition) is 2. The second-order valence-electron chi connectivity index (χ2n) is 4.47. The molecule has 3 aromatic rings. The van der Waals surface area contributed by atoms with Crippen LogP contribution in [0.15, 0.2) is 59.1 Å². The molecule has 4 heteroatoms. The Balaban J connectivity index is 2.14. The van der Waals surface area contributed by atoms with Gasteiger partial charge in [-0.25, -0.2) is 0 Å². The molecule has 0 saturated heterocycles. The number of nitrogen functional groups attached to an aromatic ring is 1. The Morgan fingerprint density at radius 1 is 0.900 bits per heavy atom. The van der Waals surface area contributed by atoms with Crippen LogP contribution in [0.2, 0.25) is 5.02 Å². The smallest absolute Gasteiger partial charge is 0.0807 e. The van der Waals surface area contributed by atoms with E-state index in [4.69, 9.17) is 17.3 Å². The predicted octanol–water partition coefficient (Wildman–Crippen LogP) is 5.58. The molecule has 20 heavy (non-hydrogen) atoms. The van der Waals surface area contributed by atoms with Gasteiger partial charge in [-0.05, 0) is 29.7 Å². The minimum Gasteiger partial charge on any atom is -0.397 e. The molecular weight excluding hydrogens is 336 g/mol. The molecule has 0 unspecified atom stereocenters. The molecule has 0 aliphatic carbocycles. The zero-order valence-corrected chi connectivity index (χ0v) is 12.9. The maximum Gasteiger partial charge on any atom is 0.0807 e. The van der Waals surface area contributed by atoms with E-state index in [1.54, 1.807) is 0 Å². The van der Waals surface area contributed by atoms with Gasteiger partial charge in [-0.3, -0.25) is 0 Å². The topological polar surface area (TPSA) is 38.0 Å². The SMILES string of the molecule is Nc1cccc(Cl)c1Nc1ccc(Br)c2ccccc12. The lowest BCUT2D eigenvalue weighted by molar-refractivity contribution is 1.56. The molecule has 3 N–H and O–H groups in total. The number of fused-ring (bicyclic) bond motifs is 1. The number of hydrogen-bond acceptors (Lipinski definition) is 2. The van der Waals surface area contributed by atoms with E-state index >= 15 is 0 Å². The molecule has 0 spiro atoms. The van der Waals surface area contributed by atoms with Crippen molar-refractivity contribution in [3.05, 3.63) is 64.1 Å². The van der Waals surface area contributed by atoms with E-state index < -0.39 is 0 Å². The Morgan fingerprint density at radius 2 is 1.65 bits per heavy atom. The average Bonchev–Trinajstić information content (AvgIpc) is 2.46. The molecule has 0 heterocycles. The number of halogens is 2. The lowest BCUT2D eigenvalue weighted by atomic mass is 10.1. The van der Waals surface area contributed by atoms with Crippen molar-refractivity contribution in [2.45, 2.75) is 0 Å². The standard InChI is InChI=1S/C16H12BrClN2/c17-12-8-9-15(11-5-2-1-4-10(11)12)20-16-13(18)6-3-7-14(16)19/h1-9,20H,19H2. The van der Waals surface area contributed by atoms with Crippen LogP contribution in [0.3, 0.4) is 0 Å². The summed E-state index contributed by atoms with van der Waals surface area (Å²) in [5.41, 5.74) is 8.33. The Bertz CT molecular complexity index is 766. The molecule has 0 aromatic heterocycles. The lowest BCUT2D eigenvalue weighted by Gasteiger charge is -2.14. The van der Waals surface area contributed by atoms with E-state index in [2.05, 4.69) is 33.4 Å². The van der Waals surface area contributed by atoms with Gasteiger partial charge >= 0.3 is 0 Å². The summed E-state index contributed by atoms with van der Waals surface area (Å²) in [4.78, 5) is 0. The van der Waals surface area contributed by atoms with Gasteiger partial charge in [-0.1, -0.05) is 57.9 Å². The van der Waals surface area contributed by atoms with Gasteiger partial charge < -0.3 is 11.1 Å². The summed E-state index contributed by atoms with van der Waals surface area (Å²) in [6.45, 7) is 0. The quantitative estimate of drug-likeness (QED) is 0.594. The summed E-state index contributed by atoms with van der Waals surface area (Å²) in [6, 6.07) is 17.7. The van der Waals surface area contributed by atoms with Crippen LogP contribution in [0.1, 0.15) is 0 Å². The molecule has 3 rings (SSSR count). The summed E-state index contributed by atoms with van der Waals surface area (Å²) in [7, 11) is 0. The number of benzene rings is 3. The Kier molecular flexibility index (Phi) is 3.55. The van der Waals surface area contributed by atoms with Crippen LogP contribution in [-0.2, 0) is 0 Å². The molecular formula is C16H12BrClN2. The second-order valence-corrected chi connectivity index (χ2v) is 5.73. The summed E-state index contributed by atoms with van der Waals surface area (Å²) >= 11 is 9.78. The third-order valence-electron chi connectivity index (χ3n) is 3.18. The predicted molar refractivity (Wildman–Crippen MR) is 90.8 cm³/mol. The van der Waals surface area contributed by atoms with Crippen molar-refractivity contribution in [3.8, 4) is 0 Å². The van der Waals surface area contributed by atoms with Crippen LogP contribution < -0.4 is 11.1 Å². The van der Waals surface area contributed by atoms with Gasteiger partial charge in [-0.2, -0.15) is 0 Å². The van der Waals surface area contributed by atoms with Crippen molar-refractivity contribution in [2.24, 2.45) is 0 Å². The van der Waals surface area contributed by atoms with Crippen molar-refractivity contribution >= 4 is 55.4 Å². The number of para-hydroxylation sites is 1. The summed E-state index contributed by atoms with van der Waals surface area (Å²) < 4.78 is 1.06. The van der Waals surface area contributed by atoms with Crippen LogP contribution >= 0.6 is 27.5 Å². The molecule has 100 valence electrons. The fourth-order valence-corrected chi connectivity index (χ4v) is 2.89. The Hall–Kier alpha value is -1.71. The fourth-order valence-electron chi connectivity index (χ4n) is 2.18. The first-order chi connectivity index (χ1) is 9.66. The molecule has 3 aromatic carbocycles. The normalized spacial score (nSPS) is 10.7. The van der Waals surface area contributed by atoms with Crippen LogP contribution in [0.5, 0.6) is 0 Å². The first-order valence-corrected chi connectivity index (χ1v) is 7.32. The molecule has 0 amide bonds. The molecule has 0 fully saturated rings. The van der Waals surface area contributed by atoms with Gasteiger partial charge in [0.2, 0.25) is 0 Å². The zero-order chi connectivity index (χ0) is 14.1. The number of nitrogens with one attached hydrogen (secondary N) is 1. The number of nitrogens with two attached hydrogens (primary N) is 1. The summed E-state index contributed by atoms with van der Waals surface area (Å²) in [5.74, 6) is 0. The van der Waals surface area contributed by atoms with Crippen molar-refractivity contribution in [1.82, 2.24) is 0 Å². The number of rotatable bonds is 2. The third-order valence-corrected chi connectivity index (χ3v) is 4.18. The van der Waals surface area contributed by atoms with Gasteiger partial charge in [0.25, 0.3) is 0 Å². The summed E-state index contributed by atoms with van der Waals surface area (Å²) in [6.07, 6.45) is 0. The highest BCUT2D eigenvalue weighted by Crippen LogP contribution is 2.35. The van der Waals surface area contributed by atoms with E-state index in [0.717, 1.165) is 26.6 Å². The van der Waals surface area contributed by atoms with Crippen LogP contribution in [0, 0.1) is 0 Å². The minimum atomic E-state index is 0.608. The van der Waals surface area contributed by atoms with Crippen LogP contribution in [0.25, 0.3) is 10.8 Å². The average molecular weight is 348 g/mol. The molecule has 0 atom stereocenters. The van der Waals surface area contributed by atoms with E-state index in [-0.39, 0.29) is 0 Å². The Labute approximate surface area is 130 Å². The first kappa shape index (κ1) is 13.3. The maximum absolute atomic E-state index is 6.21. The van der Waals surface area contributed by atoms with Crippen molar-refractivity contribution < 1.29 is 0 Å². The maximum atomic E-state index is 6.21. The van der Waals surface area contributed by atoms with Crippen LogP contribution in [-0.4, -0.2) is 0 Å². The molecule has 0 bridgehead atoms. The Morgan fingerprint density at radius 3 is 2.40 bits per heavy atom.